The third kappa shape index (κ3) is 7.59. The Bertz CT molecular complexity index is 243. The molecule has 0 radical (unpaired) electrons. The normalized spacial score (nSPS) is 12.9. The fourth-order valence-corrected chi connectivity index (χ4v) is 1.58. The summed E-state index contributed by atoms with van der Waals surface area (Å²) in [6.45, 7) is 6.69. The number of nitrogens with zero attached hydrogens (tertiary/aromatic N) is 1. The maximum Gasteiger partial charge on any atom is 0.221 e. The summed E-state index contributed by atoms with van der Waals surface area (Å²) in [7, 11) is 1.98. The third-order valence-corrected chi connectivity index (χ3v) is 2.56. The van der Waals surface area contributed by atoms with E-state index in [1.165, 1.54) is 0 Å². The van der Waals surface area contributed by atoms with E-state index < -0.39 is 0 Å². The third-order valence-electron chi connectivity index (χ3n) is 2.39. The second kappa shape index (κ2) is 7.57. The lowest BCUT2D eigenvalue weighted by Gasteiger charge is -2.24. The first-order chi connectivity index (χ1) is 7.32. The van der Waals surface area contributed by atoms with Crippen LogP contribution in [-0.4, -0.2) is 41.5 Å². The van der Waals surface area contributed by atoms with Gasteiger partial charge in [0.15, 0.2) is 0 Å². The topological polar surface area (TPSA) is 58.4 Å². The number of amides is 1. The standard InChI is InChI=1S/C11H23N3OS/c1-8(2)13-11(15)5-6-14(4)9(3)7-10(12)16/h8-9H,5-7H2,1-4H3,(H2,12,16)(H,13,15). The van der Waals surface area contributed by atoms with E-state index in [-0.39, 0.29) is 18.0 Å². The van der Waals surface area contributed by atoms with Crippen LogP contribution in [0, 0.1) is 0 Å². The molecule has 0 aliphatic carbocycles. The highest BCUT2D eigenvalue weighted by molar-refractivity contribution is 7.80. The molecule has 0 aromatic carbocycles. The van der Waals surface area contributed by atoms with E-state index in [0.717, 1.165) is 6.54 Å². The van der Waals surface area contributed by atoms with Gasteiger partial charge in [0.05, 0.1) is 4.99 Å². The molecule has 0 bridgehead atoms. The molecule has 0 spiro atoms. The maximum absolute atomic E-state index is 11.4. The Morgan fingerprint density at radius 3 is 2.44 bits per heavy atom. The summed E-state index contributed by atoms with van der Waals surface area (Å²) in [5.41, 5.74) is 5.48. The van der Waals surface area contributed by atoms with Crippen LogP contribution in [0.1, 0.15) is 33.6 Å². The maximum atomic E-state index is 11.4. The first-order valence-corrected chi connectivity index (χ1v) is 6.01. The summed E-state index contributed by atoms with van der Waals surface area (Å²) < 4.78 is 0. The molecule has 16 heavy (non-hydrogen) atoms. The summed E-state index contributed by atoms with van der Waals surface area (Å²) >= 11 is 4.86. The Morgan fingerprint density at radius 2 is 2.00 bits per heavy atom. The van der Waals surface area contributed by atoms with Gasteiger partial charge in [0.1, 0.15) is 0 Å². The zero-order chi connectivity index (χ0) is 12.7. The van der Waals surface area contributed by atoms with E-state index in [1.54, 1.807) is 0 Å². The van der Waals surface area contributed by atoms with Crippen LogP contribution in [0.2, 0.25) is 0 Å². The fraction of sp³-hybridized carbons (Fsp3) is 0.818. The van der Waals surface area contributed by atoms with Crippen molar-refractivity contribution in [1.29, 1.82) is 0 Å². The van der Waals surface area contributed by atoms with E-state index >= 15 is 0 Å². The number of nitrogens with two attached hydrogens (primary N) is 1. The zero-order valence-electron chi connectivity index (χ0n) is 10.6. The van der Waals surface area contributed by atoms with Crippen molar-refractivity contribution in [2.24, 2.45) is 5.73 Å². The van der Waals surface area contributed by atoms with Crippen molar-refractivity contribution in [2.45, 2.75) is 45.7 Å². The molecular weight excluding hydrogens is 222 g/mol. The van der Waals surface area contributed by atoms with Gasteiger partial charge in [-0.1, -0.05) is 12.2 Å². The van der Waals surface area contributed by atoms with Gasteiger partial charge in [0.25, 0.3) is 0 Å². The van der Waals surface area contributed by atoms with Crippen LogP contribution in [0.25, 0.3) is 0 Å². The fourth-order valence-electron chi connectivity index (χ4n) is 1.34. The lowest BCUT2D eigenvalue weighted by molar-refractivity contribution is -0.121. The van der Waals surface area contributed by atoms with Crippen molar-refractivity contribution in [2.75, 3.05) is 13.6 Å². The van der Waals surface area contributed by atoms with E-state index in [4.69, 9.17) is 18.0 Å². The number of carbonyl (C=O) groups excluding carboxylic acids is 1. The van der Waals surface area contributed by atoms with E-state index in [2.05, 4.69) is 17.1 Å². The van der Waals surface area contributed by atoms with Crippen LogP contribution in [0.3, 0.4) is 0 Å². The van der Waals surface area contributed by atoms with Gasteiger partial charge < -0.3 is 16.0 Å². The Kier molecular flexibility index (Phi) is 7.25. The van der Waals surface area contributed by atoms with Crippen molar-refractivity contribution in [3.05, 3.63) is 0 Å². The summed E-state index contributed by atoms with van der Waals surface area (Å²) in [6, 6.07) is 0.483. The molecule has 3 N–H and O–H groups in total. The highest BCUT2D eigenvalue weighted by Crippen LogP contribution is 2.02. The summed E-state index contributed by atoms with van der Waals surface area (Å²) in [4.78, 5) is 14.0. The lowest BCUT2D eigenvalue weighted by Crippen LogP contribution is -2.37. The Morgan fingerprint density at radius 1 is 1.44 bits per heavy atom. The summed E-state index contributed by atoms with van der Waals surface area (Å²) in [5, 5.41) is 2.86. The molecule has 0 saturated carbocycles. The predicted octanol–water partition coefficient (Wildman–Crippen LogP) is 0.898. The van der Waals surface area contributed by atoms with Crippen LogP contribution in [0.15, 0.2) is 0 Å². The molecule has 0 saturated heterocycles. The molecule has 0 aliphatic rings. The molecule has 4 nitrogen and oxygen atoms in total. The van der Waals surface area contributed by atoms with Crippen molar-refractivity contribution in [1.82, 2.24) is 10.2 Å². The molecule has 0 aromatic heterocycles. The minimum absolute atomic E-state index is 0.0874. The molecular formula is C11H23N3OS. The molecule has 0 heterocycles. The molecule has 5 heteroatoms. The molecule has 1 unspecified atom stereocenters. The van der Waals surface area contributed by atoms with Gasteiger partial charge >= 0.3 is 0 Å². The van der Waals surface area contributed by atoms with Gasteiger partial charge in [-0.2, -0.15) is 0 Å². The van der Waals surface area contributed by atoms with Gasteiger partial charge in [-0.15, -0.1) is 0 Å². The molecule has 1 amide bonds. The molecule has 0 rings (SSSR count). The SMILES string of the molecule is CC(C)NC(=O)CCN(C)C(C)CC(N)=S. The molecule has 0 aromatic rings. The second-order valence-corrected chi connectivity index (χ2v) is 5.00. The molecule has 0 fully saturated rings. The predicted molar refractivity (Wildman–Crippen MR) is 71.4 cm³/mol. The lowest BCUT2D eigenvalue weighted by atomic mass is 10.2. The van der Waals surface area contributed by atoms with Gasteiger partial charge in [-0.25, -0.2) is 0 Å². The van der Waals surface area contributed by atoms with E-state index in [1.807, 2.05) is 20.9 Å². The smallest absolute Gasteiger partial charge is 0.221 e. The van der Waals surface area contributed by atoms with Crippen LogP contribution in [0.4, 0.5) is 0 Å². The second-order valence-electron chi connectivity index (χ2n) is 4.47. The average Bonchev–Trinajstić information content (AvgIpc) is 2.11. The summed E-state index contributed by atoms with van der Waals surface area (Å²) in [6.07, 6.45) is 1.20. The van der Waals surface area contributed by atoms with Gasteiger partial charge in [-0.05, 0) is 27.8 Å². The van der Waals surface area contributed by atoms with E-state index in [0.29, 0.717) is 17.8 Å². The van der Waals surface area contributed by atoms with Crippen molar-refractivity contribution >= 4 is 23.1 Å². The number of hydrogen-bond donors (Lipinski definition) is 2. The number of nitrogens with one attached hydrogen (secondary N) is 1. The van der Waals surface area contributed by atoms with Crippen LogP contribution in [-0.2, 0) is 4.79 Å². The van der Waals surface area contributed by atoms with Crippen LogP contribution >= 0.6 is 12.2 Å². The first-order valence-electron chi connectivity index (χ1n) is 5.60. The van der Waals surface area contributed by atoms with Crippen molar-refractivity contribution < 1.29 is 4.79 Å². The molecule has 94 valence electrons. The number of rotatable bonds is 7. The zero-order valence-corrected chi connectivity index (χ0v) is 11.4. The first kappa shape index (κ1) is 15.3. The highest BCUT2D eigenvalue weighted by atomic mass is 32.1. The van der Waals surface area contributed by atoms with Crippen LogP contribution in [0.5, 0.6) is 0 Å². The highest BCUT2D eigenvalue weighted by Gasteiger charge is 2.12. The van der Waals surface area contributed by atoms with E-state index in [9.17, 15) is 4.79 Å². The minimum atomic E-state index is 0.0874. The molecule has 1 atom stereocenters. The van der Waals surface area contributed by atoms with Crippen molar-refractivity contribution in [3.8, 4) is 0 Å². The van der Waals surface area contributed by atoms with Gasteiger partial charge in [0, 0.05) is 31.5 Å². The minimum Gasteiger partial charge on any atom is -0.393 e. The average molecular weight is 245 g/mol. The largest absolute Gasteiger partial charge is 0.393 e. The Balaban J connectivity index is 3.83. The number of carbonyl (C=O) groups is 1. The van der Waals surface area contributed by atoms with Crippen LogP contribution < -0.4 is 11.1 Å². The Labute approximate surface area is 104 Å². The number of thiocarbonyl (C=S) groups is 1. The Hall–Kier alpha value is -0.680. The quantitative estimate of drug-likeness (QED) is 0.654. The van der Waals surface area contributed by atoms with Gasteiger partial charge in [0.2, 0.25) is 5.91 Å². The van der Waals surface area contributed by atoms with Crippen molar-refractivity contribution in [3.63, 3.8) is 0 Å². The van der Waals surface area contributed by atoms with Gasteiger partial charge in [-0.3, -0.25) is 4.79 Å². The number of hydrogen-bond acceptors (Lipinski definition) is 3. The summed E-state index contributed by atoms with van der Waals surface area (Å²) in [5.74, 6) is 0.0874. The molecule has 0 aliphatic heterocycles. The monoisotopic (exact) mass is 245 g/mol.